The molecule has 0 fully saturated rings. The van der Waals surface area contributed by atoms with E-state index in [9.17, 15) is 0 Å². The van der Waals surface area contributed by atoms with Crippen molar-refractivity contribution in [3.8, 4) is 0 Å². The third-order valence-electron chi connectivity index (χ3n) is 1.13. The topological polar surface area (TPSA) is 0 Å². The summed E-state index contributed by atoms with van der Waals surface area (Å²) in [6.45, 7) is 2.04. The molecule has 1 aromatic rings. The van der Waals surface area contributed by atoms with Crippen molar-refractivity contribution in [2.45, 2.75) is 6.92 Å². The van der Waals surface area contributed by atoms with E-state index < -0.39 is 0 Å². The van der Waals surface area contributed by atoms with Gasteiger partial charge >= 0.3 is 23.2 Å². The number of rotatable bonds is 1. The first-order chi connectivity index (χ1) is 4.93. The molecule has 56 valence electrons. The summed E-state index contributed by atoms with van der Waals surface area (Å²) in [5, 5.41) is 3.28. The summed E-state index contributed by atoms with van der Waals surface area (Å²) < 4.78 is 0. The molecule has 0 amide bonds. The van der Waals surface area contributed by atoms with Crippen molar-refractivity contribution < 1.29 is 18.1 Å². The van der Waals surface area contributed by atoms with E-state index in [1.807, 2.05) is 25.1 Å². The van der Waals surface area contributed by atoms with Crippen molar-refractivity contribution >= 4 is 5.07 Å². The van der Waals surface area contributed by atoms with Crippen LogP contribution in [0.2, 0.25) is 0 Å². The summed E-state index contributed by atoms with van der Waals surface area (Å²) in [5.41, 5.74) is 1.28. The van der Waals surface area contributed by atoms with Crippen molar-refractivity contribution in [3.05, 3.63) is 42.3 Å². The molecule has 0 nitrogen and oxygen atoms in total. The van der Waals surface area contributed by atoms with Crippen molar-refractivity contribution in [3.63, 3.8) is 0 Å². The minimum absolute atomic E-state index is 1.28. The Bertz CT molecular complexity index is 158. The van der Waals surface area contributed by atoms with Crippen molar-refractivity contribution in [1.82, 2.24) is 0 Å². The first kappa shape index (κ1) is 9.60. The molecule has 1 aromatic carbocycles. The second-order valence-corrected chi connectivity index (χ2v) is 1.70. The van der Waals surface area contributed by atoms with Gasteiger partial charge in [-0.05, 0) is 0 Å². The number of hydrogen-bond donors (Lipinski definition) is 0. The van der Waals surface area contributed by atoms with Gasteiger partial charge in [0.15, 0.2) is 0 Å². The zero-order chi connectivity index (χ0) is 7.82. The van der Waals surface area contributed by atoms with Crippen molar-refractivity contribution in [1.29, 1.82) is 0 Å². The van der Waals surface area contributed by atoms with Gasteiger partial charge in [0.1, 0.15) is 0 Å². The van der Waals surface area contributed by atoms with Crippen LogP contribution in [0.4, 0.5) is 0 Å². The van der Waals surface area contributed by atoms with Crippen LogP contribution in [-0.4, -0.2) is 5.07 Å². The average molecular weight is 309 g/mol. The summed E-state index contributed by atoms with van der Waals surface area (Å²) in [5.74, 6) is 0. The van der Waals surface area contributed by atoms with Gasteiger partial charge in [-0.15, -0.1) is 12.1 Å². The SMILES string of the molecule is C[CH-]c1ccccc1.[CH2]=[Os]. The van der Waals surface area contributed by atoms with Gasteiger partial charge in [0.05, 0.1) is 0 Å². The van der Waals surface area contributed by atoms with E-state index in [0.717, 1.165) is 0 Å². The predicted octanol–water partition coefficient (Wildman–Crippen LogP) is 2.22. The van der Waals surface area contributed by atoms with Gasteiger partial charge < -0.3 is 0 Å². The molecule has 1 heteroatoms. The monoisotopic (exact) mass is 311 g/mol. The minimum atomic E-state index is 1.28. The molecule has 1 rings (SSSR count). The molecule has 0 radical (unpaired) electrons. The van der Waals surface area contributed by atoms with Gasteiger partial charge in [-0.3, -0.25) is 0 Å². The van der Waals surface area contributed by atoms with Crippen molar-refractivity contribution in [2.24, 2.45) is 0 Å². The van der Waals surface area contributed by atoms with Crippen LogP contribution in [0.1, 0.15) is 12.5 Å². The van der Waals surface area contributed by atoms with E-state index in [2.05, 4.69) is 23.6 Å². The molecule has 0 saturated carbocycles. The van der Waals surface area contributed by atoms with E-state index in [1.165, 1.54) is 5.56 Å². The van der Waals surface area contributed by atoms with Gasteiger partial charge in [-0.1, -0.05) is 13.0 Å². The first-order valence-electron chi connectivity index (χ1n) is 3.03. The Labute approximate surface area is 72.7 Å². The van der Waals surface area contributed by atoms with Gasteiger partial charge in [0, 0.05) is 0 Å². The number of benzene rings is 1. The van der Waals surface area contributed by atoms with Gasteiger partial charge in [-0.2, -0.15) is 24.1 Å². The van der Waals surface area contributed by atoms with Crippen LogP contribution in [-0.2, 0) is 18.1 Å². The molecule has 0 unspecified atom stereocenters. The van der Waals surface area contributed by atoms with Crippen LogP contribution in [0, 0.1) is 6.42 Å². The van der Waals surface area contributed by atoms with Crippen molar-refractivity contribution in [2.75, 3.05) is 0 Å². The number of hydrogen-bond acceptors (Lipinski definition) is 0. The zero-order valence-electron chi connectivity index (χ0n) is 6.02. The molecular weight excluding hydrogens is 298 g/mol. The maximum absolute atomic E-state index is 3.28. The molecule has 0 saturated heterocycles. The van der Waals surface area contributed by atoms with E-state index in [-0.39, 0.29) is 0 Å². The molecule has 0 atom stereocenters. The fraction of sp³-hybridized carbons (Fsp3) is 0.111. The van der Waals surface area contributed by atoms with Crippen LogP contribution in [0.5, 0.6) is 0 Å². The normalized spacial score (nSPS) is 7.40. The molecule has 0 aliphatic carbocycles. The zero-order valence-corrected chi connectivity index (χ0v) is 8.57. The fourth-order valence-corrected chi connectivity index (χ4v) is 0.645. The van der Waals surface area contributed by atoms with Crippen LogP contribution in [0.25, 0.3) is 0 Å². The molecule has 0 spiro atoms. The molecule has 0 aliphatic heterocycles. The molecule has 0 aliphatic rings. The molecule has 0 heterocycles. The Morgan fingerprint density at radius 3 is 2.00 bits per heavy atom. The Morgan fingerprint density at radius 1 is 1.20 bits per heavy atom. The second-order valence-electron chi connectivity index (χ2n) is 1.70. The Hall–Kier alpha value is -0.404. The third-order valence-corrected chi connectivity index (χ3v) is 1.13. The Kier molecular flexibility index (Phi) is 6.44. The maximum atomic E-state index is 3.28. The van der Waals surface area contributed by atoms with Gasteiger partial charge in [0.2, 0.25) is 0 Å². The Balaban J connectivity index is 0.000000371. The third kappa shape index (κ3) is 3.59. The van der Waals surface area contributed by atoms with Crippen LogP contribution in [0.3, 0.4) is 0 Å². The van der Waals surface area contributed by atoms with Gasteiger partial charge in [0.25, 0.3) is 0 Å². The van der Waals surface area contributed by atoms with E-state index in [4.69, 9.17) is 0 Å². The van der Waals surface area contributed by atoms with Crippen LogP contribution >= 0.6 is 0 Å². The first-order valence-corrected chi connectivity index (χ1v) is 4.82. The summed E-state index contributed by atoms with van der Waals surface area (Å²) in [7, 11) is 0. The molecule has 10 heavy (non-hydrogen) atoms. The summed E-state index contributed by atoms with van der Waals surface area (Å²) in [4.78, 5) is 0. The van der Waals surface area contributed by atoms with E-state index >= 15 is 0 Å². The summed E-state index contributed by atoms with van der Waals surface area (Å²) >= 11 is 1.61. The van der Waals surface area contributed by atoms with E-state index in [1.54, 1.807) is 18.1 Å². The molecule has 0 N–H and O–H groups in total. The standard InChI is InChI=1S/C8H9.CH2.Os/c1-2-8-6-4-3-5-7-8;;/h2-7H,1H3;1H2;/q-1;;. The molecule has 0 bridgehead atoms. The summed E-state index contributed by atoms with van der Waals surface area (Å²) in [6, 6.07) is 10.3. The predicted molar refractivity (Wildman–Crippen MR) is 42.6 cm³/mol. The van der Waals surface area contributed by atoms with Crippen LogP contribution < -0.4 is 0 Å². The molecule has 0 aromatic heterocycles. The Morgan fingerprint density at radius 2 is 1.70 bits per heavy atom. The second kappa shape index (κ2) is 6.71. The average Bonchev–Trinajstić information content (AvgIpc) is 2.10. The van der Waals surface area contributed by atoms with E-state index in [0.29, 0.717) is 0 Å². The van der Waals surface area contributed by atoms with Crippen LogP contribution in [0.15, 0.2) is 30.3 Å². The fourth-order valence-electron chi connectivity index (χ4n) is 0.645. The summed E-state index contributed by atoms with van der Waals surface area (Å²) in [6.07, 6.45) is 2.08. The molecular formula is C9H11Os-. The quantitative estimate of drug-likeness (QED) is 0.698. The van der Waals surface area contributed by atoms with Gasteiger partial charge in [-0.25, -0.2) is 0 Å².